The van der Waals surface area contributed by atoms with Crippen molar-refractivity contribution in [3.8, 4) is 0 Å². The van der Waals surface area contributed by atoms with E-state index in [1.54, 1.807) is 0 Å². The van der Waals surface area contributed by atoms with Crippen molar-refractivity contribution in [1.29, 1.82) is 0 Å². The molecule has 0 aromatic heterocycles. The van der Waals surface area contributed by atoms with Crippen molar-refractivity contribution in [1.82, 2.24) is 0 Å². The lowest BCUT2D eigenvalue weighted by molar-refractivity contribution is 0.0285. The summed E-state index contributed by atoms with van der Waals surface area (Å²) in [5.74, 6) is -0.0812. The molecule has 7 heteroatoms. The third-order valence-corrected chi connectivity index (χ3v) is 2.89. The van der Waals surface area contributed by atoms with Gasteiger partial charge in [0.1, 0.15) is 6.10 Å². The number of methoxy groups -OCH3 is 1. The highest BCUT2D eigenvalue weighted by Gasteiger charge is 2.31. The average Bonchev–Trinajstić information content (AvgIpc) is 2.02. The highest BCUT2D eigenvalue weighted by atomic mass is 32.3. The lowest BCUT2D eigenvalue weighted by atomic mass is 10.3. The van der Waals surface area contributed by atoms with Crippen LogP contribution in [0.4, 0.5) is 4.79 Å². The largest absolute Gasteiger partial charge is 0.508 e. The molecule has 0 aromatic rings. The first-order valence-electron chi connectivity index (χ1n) is 3.68. The van der Waals surface area contributed by atoms with E-state index in [4.69, 9.17) is 13.8 Å². The normalized spacial score (nSPS) is 29.0. The minimum atomic E-state index is -3.02. The smallest absolute Gasteiger partial charge is 0.438 e. The van der Waals surface area contributed by atoms with E-state index < -0.39 is 23.1 Å². The summed E-state index contributed by atoms with van der Waals surface area (Å²) in [5.41, 5.74) is 0. The molecule has 78 valence electrons. The van der Waals surface area contributed by atoms with Crippen LogP contribution < -0.4 is 0 Å². The molecule has 1 aliphatic heterocycles. The highest BCUT2D eigenvalue weighted by Crippen LogP contribution is 2.44. The average molecular weight is 212 g/mol. The minimum Gasteiger partial charge on any atom is -0.438 e. The lowest BCUT2D eigenvalue weighted by Gasteiger charge is -2.34. The van der Waals surface area contributed by atoms with Crippen molar-refractivity contribution in [2.24, 2.45) is 0 Å². The Hall–Kier alpha value is -0.500. The van der Waals surface area contributed by atoms with E-state index in [-0.39, 0.29) is 12.4 Å². The van der Waals surface area contributed by atoms with Crippen LogP contribution in [0.5, 0.6) is 0 Å². The molecule has 1 rings (SSSR count). The van der Waals surface area contributed by atoms with E-state index in [9.17, 15) is 4.79 Å². The zero-order valence-electron chi connectivity index (χ0n) is 7.13. The van der Waals surface area contributed by atoms with Crippen LogP contribution in [0, 0.1) is 0 Å². The molecular weight excluding hydrogens is 200 g/mol. The second kappa shape index (κ2) is 4.14. The van der Waals surface area contributed by atoms with E-state index in [1.807, 2.05) is 0 Å². The van der Waals surface area contributed by atoms with Crippen LogP contribution >= 0.6 is 10.9 Å². The van der Waals surface area contributed by atoms with Gasteiger partial charge >= 0.3 is 6.16 Å². The van der Waals surface area contributed by atoms with Gasteiger partial charge in [0.2, 0.25) is 0 Å². The first kappa shape index (κ1) is 10.6. The van der Waals surface area contributed by atoms with Crippen LogP contribution in [0.15, 0.2) is 0 Å². The van der Waals surface area contributed by atoms with Gasteiger partial charge in [-0.05, 0) is 0 Å². The summed E-state index contributed by atoms with van der Waals surface area (Å²) in [5, 5.41) is 0. The predicted octanol–water partition coefficient (Wildman–Crippen LogP) is 1.22. The van der Waals surface area contributed by atoms with Crippen molar-refractivity contribution in [2.75, 3.05) is 19.5 Å². The van der Waals surface area contributed by atoms with Crippen LogP contribution in [-0.4, -0.2) is 40.8 Å². The first-order chi connectivity index (χ1) is 6.03. The second-order valence-electron chi connectivity index (χ2n) is 2.58. The zero-order valence-corrected chi connectivity index (χ0v) is 7.95. The van der Waals surface area contributed by atoms with E-state index >= 15 is 0 Å². The zero-order chi connectivity index (χ0) is 9.90. The van der Waals surface area contributed by atoms with Crippen molar-refractivity contribution in [3.63, 3.8) is 0 Å². The number of rotatable bonds is 1. The molecule has 13 heavy (non-hydrogen) atoms. The van der Waals surface area contributed by atoms with Crippen molar-refractivity contribution in [3.05, 3.63) is 0 Å². The van der Waals surface area contributed by atoms with Crippen LogP contribution in [0.1, 0.15) is 6.42 Å². The van der Waals surface area contributed by atoms with E-state index in [2.05, 4.69) is 8.92 Å². The number of hydrogen-bond acceptors (Lipinski definition) is 6. The van der Waals surface area contributed by atoms with Crippen LogP contribution in [0.25, 0.3) is 0 Å². The maximum atomic E-state index is 10.7. The molecule has 1 heterocycles. The minimum absolute atomic E-state index is 0.0812. The molecule has 0 saturated carbocycles. The monoisotopic (exact) mass is 212 g/mol. The molecule has 0 radical (unpaired) electrons. The maximum Gasteiger partial charge on any atom is 0.508 e. The molecule has 0 aromatic carbocycles. The van der Waals surface area contributed by atoms with E-state index in [1.165, 1.54) is 7.11 Å². The van der Waals surface area contributed by atoms with E-state index in [0.29, 0.717) is 6.42 Å². The topological polar surface area (TPSA) is 85.2 Å². The Labute approximate surface area is 77.3 Å². The van der Waals surface area contributed by atoms with Gasteiger partial charge < -0.3 is 18.6 Å². The molecule has 1 aliphatic rings. The molecular formula is C6H12O6S. The molecule has 1 atom stereocenters. The summed E-state index contributed by atoms with van der Waals surface area (Å²) in [6.07, 6.45) is -0.904. The first-order valence-corrected chi connectivity index (χ1v) is 5.32. The Bertz CT molecular complexity index is 194. The SMILES string of the molecule is COC(=O)OC1CCOS(O)(O)C1. The molecule has 0 bridgehead atoms. The Balaban J connectivity index is 2.39. The summed E-state index contributed by atoms with van der Waals surface area (Å²) >= 11 is 0. The standard InChI is InChI=1S/C6H12O6S/c1-10-6(7)12-5-2-3-11-13(8,9)4-5/h5,8-9H,2-4H2,1H3. The van der Waals surface area contributed by atoms with Gasteiger partial charge in [-0.2, -0.15) is 0 Å². The Morgan fingerprint density at radius 2 is 2.31 bits per heavy atom. The fourth-order valence-electron chi connectivity index (χ4n) is 0.964. The summed E-state index contributed by atoms with van der Waals surface area (Å²) in [7, 11) is -1.82. The van der Waals surface area contributed by atoms with Gasteiger partial charge in [0.15, 0.2) is 0 Å². The molecule has 0 aliphatic carbocycles. The van der Waals surface area contributed by atoms with Gasteiger partial charge in [0, 0.05) is 6.42 Å². The highest BCUT2D eigenvalue weighted by molar-refractivity contribution is 8.20. The lowest BCUT2D eigenvalue weighted by Crippen LogP contribution is -2.31. The fourth-order valence-corrected chi connectivity index (χ4v) is 2.14. The van der Waals surface area contributed by atoms with Gasteiger partial charge in [0.05, 0.1) is 30.3 Å². The molecule has 1 saturated heterocycles. The summed E-state index contributed by atoms with van der Waals surface area (Å²) in [6, 6.07) is 0. The molecule has 0 spiro atoms. The van der Waals surface area contributed by atoms with Gasteiger partial charge in [0.25, 0.3) is 0 Å². The van der Waals surface area contributed by atoms with Crippen molar-refractivity contribution in [2.45, 2.75) is 12.5 Å². The Morgan fingerprint density at radius 3 is 2.85 bits per heavy atom. The number of carbonyl (C=O) groups is 1. The summed E-state index contributed by atoms with van der Waals surface area (Å²) in [4.78, 5) is 10.7. The fraction of sp³-hybridized carbons (Fsp3) is 0.833. The van der Waals surface area contributed by atoms with Crippen molar-refractivity contribution >= 4 is 17.0 Å². The molecule has 1 unspecified atom stereocenters. The molecule has 0 amide bonds. The summed E-state index contributed by atoms with van der Waals surface area (Å²) < 4.78 is 31.9. The maximum absolute atomic E-state index is 10.7. The van der Waals surface area contributed by atoms with Crippen LogP contribution in [0.3, 0.4) is 0 Å². The van der Waals surface area contributed by atoms with Gasteiger partial charge in [-0.15, -0.1) is 0 Å². The summed E-state index contributed by atoms with van der Waals surface area (Å²) in [6.45, 7) is 0.171. The second-order valence-corrected chi connectivity index (χ2v) is 4.36. The van der Waals surface area contributed by atoms with Gasteiger partial charge in [-0.1, -0.05) is 0 Å². The van der Waals surface area contributed by atoms with Crippen molar-refractivity contribution < 1.29 is 27.6 Å². The van der Waals surface area contributed by atoms with Crippen LogP contribution in [0.2, 0.25) is 0 Å². The van der Waals surface area contributed by atoms with Crippen LogP contribution in [-0.2, 0) is 13.7 Å². The van der Waals surface area contributed by atoms with Gasteiger partial charge in [-0.3, -0.25) is 4.18 Å². The number of hydrogen-bond donors (Lipinski definition) is 2. The molecule has 6 nitrogen and oxygen atoms in total. The Kier molecular flexibility index (Phi) is 3.37. The third-order valence-electron chi connectivity index (χ3n) is 1.54. The third kappa shape index (κ3) is 3.39. The number of carbonyl (C=O) groups excluding carboxylic acids is 1. The predicted molar refractivity (Wildman–Crippen MR) is 45.6 cm³/mol. The molecule has 1 fully saturated rings. The van der Waals surface area contributed by atoms with Gasteiger partial charge in [-0.25, -0.2) is 4.79 Å². The molecule has 2 N–H and O–H groups in total. The quantitative estimate of drug-likeness (QED) is 0.636. The van der Waals surface area contributed by atoms with E-state index in [0.717, 1.165) is 0 Å². The Morgan fingerprint density at radius 1 is 1.62 bits per heavy atom. The number of ether oxygens (including phenoxy) is 2.